The summed E-state index contributed by atoms with van der Waals surface area (Å²) < 4.78 is 18.3. The number of hydrogen-bond acceptors (Lipinski definition) is 8. The molecule has 0 bridgehead atoms. The Morgan fingerprint density at radius 1 is 1.20 bits per heavy atom. The van der Waals surface area contributed by atoms with Gasteiger partial charge in [0.1, 0.15) is 13.2 Å². The molecule has 0 spiro atoms. The zero-order valence-corrected chi connectivity index (χ0v) is 22.1. The summed E-state index contributed by atoms with van der Waals surface area (Å²) in [5.74, 6) is -0.495. The average molecular weight is 516 g/mol. The maximum Gasteiger partial charge on any atom is 0.246 e. The fourth-order valence-corrected chi connectivity index (χ4v) is 4.43. The second kappa shape index (κ2) is 15.2. The van der Waals surface area contributed by atoms with E-state index in [9.17, 15) is 19.8 Å². The van der Waals surface area contributed by atoms with Crippen LogP contribution in [0.1, 0.15) is 59.8 Å². The maximum atomic E-state index is 12.1. The molecule has 0 radical (unpaired) electrons. The largest absolute Gasteiger partial charge is 0.494 e. The van der Waals surface area contributed by atoms with E-state index in [2.05, 4.69) is 24.5 Å². The molecule has 1 aromatic heterocycles. The van der Waals surface area contributed by atoms with Crippen molar-refractivity contribution < 1.29 is 34.0 Å². The van der Waals surface area contributed by atoms with Gasteiger partial charge in [-0.25, -0.2) is 0 Å². The molecule has 4 atom stereocenters. The van der Waals surface area contributed by atoms with Crippen LogP contribution in [-0.2, 0) is 30.3 Å². The van der Waals surface area contributed by atoms with Crippen LogP contribution in [0.5, 0.6) is 11.8 Å². The molecule has 0 saturated carbocycles. The van der Waals surface area contributed by atoms with Crippen molar-refractivity contribution in [3.63, 3.8) is 0 Å². The quantitative estimate of drug-likeness (QED) is 0.262. The first-order chi connectivity index (χ1) is 16.7. The van der Waals surface area contributed by atoms with Gasteiger partial charge < -0.3 is 35.1 Å². The smallest absolute Gasteiger partial charge is 0.246 e. The lowest BCUT2D eigenvalue weighted by molar-refractivity contribution is -0.205. The maximum absolute atomic E-state index is 12.1. The number of aromatic hydroxyl groups is 2. The molecule has 11 heteroatoms. The van der Waals surface area contributed by atoms with Crippen LogP contribution in [0, 0.1) is 0 Å². The second-order valence-electron chi connectivity index (χ2n) is 8.85. The van der Waals surface area contributed by atoms with Crippen molar-refractivity contribution in [1.29, 1.82) is 0 Å². The van der Waals surface area contributed by atoms with Gasteiger partial charge in [0.2, 0.25) is 17.7 Å². The molecule has 1 saturated heterocycles. The Bertz CT molecular complexity index is 804. The summed E-state index contributed by atoms with van der Waals surface area (Å²) in [5.41, 5.74) is 0. The first-order valence-electron chi connectivity index (χ1n) is 12.4. The molecular weight excluding hydrogens is 474 g/mol. The molecule has 10 nitrogen and oxygen atoms in total. The Balaban J connectivity index is 1.63. The van der Waals surface area contributed by atoms with Crippen molar-refractivity contribution in [1.82, 2.24) is 15.2 Å². The Hall–Kier alpha value is -1.95. The van der Waals surface area contributed by atoms with Crippen LogP contribution < -0.4 is 10.6 Å². The van der Waals surface area contributed by atoms with Gasteiger partial charge in [0.15, 0.2) is 12.2 Å². The molecule has 1 aliphatic rings. The first-order valence-corrected chi connectivity index (χ1v) is 13.3. The first kappa shape index (κ1) is 29.3. The predicted molar refractivity (Wildman–Crippen MR) is 134 cm³/mol. The number of ether oxygens (including phenoxy) is 3. The van der Waals surface area contributed by atoms with Crippen LogP contribution in [0.2, 0.25) is 0 Å². The summed E-state index contributed by atoms with van der Waals surface area (Å²) in [6.45, 7) is 8.61. The molecule has 0 aromatic carbocycles. The molecule has 200 valence electrons. The molecule has 4 N–H and O–H groups in total. The Morgan fingerprint density at radius 3 is 2.69 bits per heavy atom. The van der Waals surface area contributed by atoms with Crippen LogP contribution in [0.15, 0.2) is 11.0 Å². The molecule has 1 aliphatic heterocycles. The minimum atomic E-state index is -0.459. The van der Waals surface area contributed by atoms with Crippen LogP contribution >= 0.6 is 11.8 Å². The van der Waals surface area contributed by atoms with Gasteiger partial charge in [0.25, 0.3) is 0 Å². The van der Waals surface area contributed by atoms with Crippen LogP contribution in [0.25, 0.3) is 0 Å². The van der Waals surface area contributed by atoms with Crippen LogP contribution in [0.3, 0.4) is 0 Å². The highest BCUT2D eigenvalue weighted by atomic mass is 32.2. The van der Waals surface area contributed by atoms with Gasteiger partial charge in [-0.15, -0.1) is 11.8 Å². The zero-order chi connectivity index (χ0) is 25.8. The van der Waals surface area contributed by atoms with Gasteiger partial charge in [0.05, 0.1) is 17.6 Å². The SMILES string of the molecule is CCC(C)NC(=O)COC1CCCC(COCC(=O)NCCn2c(O)cc(SC(C)CC)c2O)O1. The lowest BCUT2D eigenvalue weighted by Gasteiger charge is -2.29. The van der Waals surface area contributed by atoms with Crippen molar-refractivity contribution in [2.45, 2.75) is 94.9 Å². The van der Waals surface area contributed by atoms with Gasteiger partial charge in [-0.1, -0.05) is 20.8 Å². The lowest BCUT2D eigenvalue weighted by Crippen LogP contribution is -2.39. The number of nitrogens with zero attached hydrogens (tertiary/aromatic N) is 1. The van der Waals surface area contributed by atoms with Gasteiger partial charge in [-0.2, -0.15) is 0 Å². The van der Waals surface area contributed by atoms with E-state index < -0.39 is 6.29 Å². The number of aromatic nitrogens is 1. The standard InChI is InChI=1S/C24H41N3O7S/c1-5-16(3)26-21(29)15-33-23-9-7-8-18(34-23)13-32-14-20(28)25-10-11-27-22(30)12-19(24(27)31)35-17(4)6-2/h12,16-18,23,30-31H,5-11,13-15H2,1-4H3,(H,25,28)(H,26,29). The van der Waals surface area contributed by atoms with E-state index >= 15 is 0 Å². The van der Waals surface area contributed by atoms with E-state index in [1.54, 1.807) is 0 Å². The van der Waals surface area contributed by atoms with E-state index in [0.717, 1.165) is 25.7 Å². The number of amides is 2. The molecule has 2 amide bonds. The highest BCUT2D eigenvalue weighted by molar-refractivity contribution is 8.00. The summed E-state index contributed by atoms with van der Waals surface area (Å²) in [5, 5.41) is 26.3. The zero-order valence-electron chi connectivity index (χ0n) is 21.2. The van der Waals surface area contributed by atoms with E-state index in [0.29, 0.717) is 16.6 Å². The predicted octanol–water partition coefficient (Wildman–Crippen LogP) is 2.75. The Kier molecular flexibility index (Phi) is 12.7. The van der Waals surface area contributed by atoms with Crippen LogP contribution in [0.4, 0.5) is 0 Å². The van der Waals surface area contributed by atoms with E-state index in [-0.39, 0.29) is 68.6 Å². The number of carbonyl (C=O) groups excluding carboxylic acids is 2. The normalized spacial score (nSPS) is 19.8. The van der Waals surface area contributed by atoms with Crippen molar-refractivity contribution in [2.75, 3.05) is 26.4 Å². The van der Waals surface area contributed by atoms with Crippen molar-refractivity contribution >= 4 is 23.6 Å². The summed E-state index contributed by atoms with van der Waals surface area (Å²) in [6, 6.07) is 1.65. The second-order valence-corrected chi connectivity index (χ2v) is 10.3. The molecule has 0 aliphatic carbocycles. The molecule has 1 fully saturated rings. The highest BCUT2D eigenvalue weighted by Gasteiger charge is 2.24. The molecule has 35 heavy (non-hydrogen) atoms. The number of carbonyl (C=O) groups is 2. The van der Waals surface area contributed by atoms with Crippen LogP contribution in [-0.4, -0.2) is 76.6 Å². The van der Waals surface area contributed by atoms with Gasteiger partial charge >= 0.3 is 0 Å². The lowest BCUT2D eigenvalue weighted by atomic mass is 10.1. The molecule has 2 rings (SSSR count). The molecule has 1 aromatic rings. The third-order valence-electron chi connectivity index (χ3n) is 5.84. The number of nitrogens with one attached hydrogen (secondary N) is 2. The van der Waals surface area contributed by atoms with E-state index in [4.69, 9.17) is 14.2 Å². The summed E-state index contributed by atoms with van der Waals surface area (Å²) >= 11 is 1.50. The minimum absolute atomic E-state index is 0.00174. The number of rotatable bonds is 15. The van der Waals surface area contributed by atoms with Crippen molar-refractivity contribution in [3.05, 3.63) is 6.07 Å². The molecular formula is C24H41N3O7S. The fraction of sp³-hybridized carbons (Fsp3) is 0.750. The molecule has 4 unspecified atom stereocenters. The van der Waals surface area contributed by atoms with Crippen molar-refractivity contribution in [3.8, 4) is 11.8 Å². The number of hydrogen-bond donors (Lipinski definition) is 4. The summed E-state index contributed by atoms with van der Waals surface area (Å²) in [4.78, 5) is 24.6. The van der Waals surface area contributed by atoms with E-state index in [1.165, 1.54) is 22.4 Å². The third kappa shape index (κ3) is 10.3. The summed E-state index contributed by atoms with van der Waals surface area (Å²) in [6.07, 6.45) is 3.54. The Morgan fingerprint density at radius 2 is 1.97 bits per heavy atom. The fourth-order valence-electron chi connectivity index (χ4n) is 3.45. The van der Waals surface area contributed by atoms with E-state index in [1.807, 2.05) is 13.8 Å². The molecule has 2 heterocycles. The average Bonchev–Trinajstić information content (AvgIpc) is 3.10. The Labute approximate surface area is 212 Å². The third-order valence-corrected chi connectivity index (χ3v) is 7.13. The van der Waals surface area contributed by atoms with Gasteiger partial charge in [-0.05, 0) is 39.0 Å². The highest BCUT2D eigenvalue weighted by Crippen LogP contribution is 2.37. The van der Waals surface area contributed by atoms with Gasteiger partial charge in [-0.3, -0.25) is 14.2 Å². The topological polar surface area (TPSA) is 131 Å². The van der Waals surface area contributed by atoms with Gasteiger partial charge in [0, 0.05) is 30.4 Å². The minimum Gasteiger partial charge on any atom is -0.494 e. The summed E-state index contributed by atoms with van der Waals surface area (Å²) in [7, 11) is 0. The number of thioether (sulfide) groups is 1. The monoisotopic (exact) mass is 515 g/mol. The van der Waals surface area contributed by atoms with Crippen molar-refractivity contribution in [2.24, 2.45) is 0 Å².